The number of amides is 1. The Bertz CT molecular complexity index is 592. The van der Waals surface area contributed by atoms with Gasteiger partial charge >= 0.3 is 0 Å². The lowest BCUT2D eigenvalue weighted by Gasteiger charge is -2.10. The average Bonchev–Trinajstić information content (AvgIpc) is 2.72. The van der Waals surface area contributed by atoms with Crippen molar-refractivity contribution in [2.75, 3.05) is 5.73 Å². The lowest BCUT2D eigenvalue weighted by atomic mass is 10.0. The quantitative estimate of drug-likeness (QED) is 0.153. The highest BCUT2D eigenvalue weighted by molar-refractivity contribution is 7.80. The molecular weight excluding hydrogens is 392 g/mol. The van der Waals surface area contributed by atoms with Crippen LogP contribution in [0, 0.1) is 0 Å². The maximum Gasteiger partial charge on any atom is 0.269 e. The van der Waals surface area contributed by atoms with Crippen molar-refractivity contribution < 1.29 is 9.53 Å². The summed E-state index contributed by atoms with van der Waals surface area (Å²) in [6.07, 6.45) is 20.2. The molecule has 0 saturated heterocycles. The number of unbranched alkanes of at least 4 members (excludes halogenated alkanes) is 14. The molecule has 0 bridgehead atoms. The molecule has 0 heterocycles. The molecule has 0 spiro atoms. The lowest BCUT2D eigenvalue weighted by Crippen LogP contribution is -2.32. The van der Waals surface area contributed by atoms with Crippen molar-refractivity contribution in [3.8, 4) is 5.75 Å². The molecule has 0 atom stereocenters. The van der Waals surface area contributed by atoms with Crippen molar-refractivity contribution in [1.82, 2.24) is 5.32 Å². The number of ether oxygens (including phenoxy) is 1. The summed E-state index contributed by atoms with van der Waals surface area (Å²) in [5, 5.41) is 2.67. The number of nitrogens with one attached hydrogen (secondary N) is 1. The van der Waals surface area contributed by atoms with Crippen molar-refractivity contribution >= 4 is 29.0 Å². The zero-order valence-corrected chi connectivity index (χ0v) is 19.7. The maximum atomic E-state index is 12.0. The molecule has 0 aliphatic heterocycles. The molecule has 30 heavy (non-hydrogen) atoms. The Balaban J connectivity index is 1.88. The summed E-state index contributed by atoms with van der Waals surface area (Å²) in [4.78, 5) is 12.0. The van der Waals surface area contributed by atoms with Gasteiger partial charge in [-0.05, 0) is 30.8 Å². The molecule has 0 saturated carbocycles. The van der Waals surface area contributed by atoms with Crippen LogP contribution in [-0.2, 0) is 4.79 Å². The largest absolute Gasteiger partial charge is 0.429 e. The van der Waals surface area contributed by atoms with Crippen LogP contribution < -0.4 is 15.8 Å². The minimum atomic E-state index is -0.0933. The summed E-state index contributed by atoms with van der Waals surface area (Å²) in [6.45, 7) is 2.27. The summed E-state index contributed by atoms with van der Waals surface area (Å²) < 4.78 is 5.42. The summed E-state index contributed by atoms with van der Waals surface area (Å²) in [7, 11) is 0. The summed E-state index contributed by atoms with van der Waals surface area (Å²) in [6, 6.07) is 7.09. The first-order valence-electron chi connectivity index (χ1n) is 12.0. The van der Waals surface area contributed by atoms with Gasteiger partial charge in [0.25, 0.3) is 5.17 Å². The van der Waals surface area contributed by atoms with Crippen LogP contribution in [0.25, 0.3) is 0 Å². The number of rotatable bonds is 17. The second kappa shape index (κ2) is 18.2. The summed E-state index contributed by atoms with van der Waals surface area (Å²) >= 11 is 5.07. The van der Waals surface area contributed by atoms with E-state index in [2.05, 4.69) is 12.2 Å². The van der Waals surface area contributed by atoms with E-state index in [4.69, 9.17) is 22.7 Å². The fraction of sp³-hybridized carbons (Fsp3) is 0.680. The van der Waals surface area contributed by atoms with Gasteiger partial charge in [0.15, 0.2) is 5.75 Å². The molecule has 0 unspecified atom stereocenters. The number of nitrogens with two attached hydrogens (primary N) is 1. The zero-order valence-electron chi connectivity index (χ0n) is 18.9. The molecule has 0 aliphatic rings. The van der Waals surface area contributed by atoms with Crippen LogP contribution in [0.2, 0.25) is 0 Å². The smallest absolute Gasteiger partial charge is 0.269 e. The predicted octanol–water partition coefficient (Wildman–Crippen LogP) is 7.31. The molecule has 0 radical (unpaired) electrons. The minimum Gasteiger partial charge on any atom is -0.429 e. The van der Waals surface area contributed by atoms with Gasteiger partial charge in [-0.1, -0.05) is 109 Å². The second-order valence-electron chi connectivity index (χ2n) is 8.18. The fourth-order valence-corrected chi connectivity index (χ4v) is 3.74. The van der Waals surface area contributed by atoms with Crippen LogP contribution >= 0.6 is 12.2 Å². The van der Waals surface area contributed by atoms with E-state index in [0.717, 1.165) is 12.8 Å². The molecule has 0 aliphatic carbocycles. The van der Waals surface area contributed by atoms with Crippen molar-refractivity contribution in [3.63, 3.8) is 0 Å². The third-order valence-corrected chi connectivity index (χ3v) is 5.56. The van der Waals surface area contributed by atoms with Crippen molar-refractivity contribution in [1.29, 1.82) is 0 Å². The van der Waals surface area contributed by atoms with E-state index in [1.807, 2.05) is 12.1 Å². The van der Waals surface area contributed by atoms with E-state index in [1.54, 1.807) is 12.1 Å². The van der Waals surface area contributed by atoms with E-state index >= 15 is 0 Å². The van der Waals surface area contributed by atoms with Crippen molar-refractivity contribution in [3.05, 3.63) is 24.3 Å². The van der Waals surface area contributed by atoms with Gasteiger partial charge < -0.3 is 10.5 Å². The van der Waals surface area contributed by atoms with Gasteiger partial charge in [0, 0.05) is 6.42 Å². The molecule has 0 fully saturated rings. The number of para-hydroxylation sites is 2. The third kappa shape index (κ3) is 14.4. The highest BCUT2D eigenvalue weighted by Gasteiger charge is 2.08. The van der Waals surface area contributed by atoms with Gasteiger partial charge in [0.05, 0.1) is 5.69 Å². The van der Waals surface area contributed by atoms with Gasteiger partial charge in [0.2, 0.25) is 5.91 Å². The molecule has 1 amide bonds. The van der Waals surface area contributed by atoms with E-state index < -0.39 is 0 Å². The number of hydrogen-bond donors (Lipinski definition) is 2. The average molecular weight is 435 g/mol. The number of benzene rings is 1. The molecular formula is C25H42N2O2S. The van der Waals surface area contributed by atoms with Gasteiger partial charge in [-0.15, -0.1) is 0 Å². The molecule has 0 aromatic heterocycles. The summed E-state index contributed by atoms with van der Waals surface area (Å²) in [5.74, 6) is 0.374. The Hall–Kier alpha value is -1.62. The van der Waals surface area contributed by atoms with E-state index in [0.29, 0.717) is 17.9 Å². The first-order chi connectivity index (χ1) is 14.6. The van der Waals surface area contributed by atoms with Crippen LogP contribution in [-0.4, -0.2) is 11.1 Å². The molecule has 1 aromatic rings. The third-order valence-electron chi connectivity index (χ3n) is 5.37. The maximum absolute atomic E-state index is 12.0. The Labute approximate surface area is 189 Å². The van der Waals surface area contributed by atoms with Gasteiger partial charge in [-0.25, -0.2) is 0 Å². The van der Waals surface area contributed by atoms with E-state index in [-0.39, 0.29) is 11.1 Å². The van der Waals surface area contributed by atoms with Crippen molar-refractivity contribution in [2.45, 2.75) is 110 Å². The van der Waals surface area contributed by atoms with Crippen LogP contribution in [0.1, 0.15) is 110 Å². The molecule has 1 aromatic carbocycles. The standard InChI is InChI=1S/C25H42N2O2S/c1-2-3-4-5-6-7-8-9-10-11-12-13-14-15-16-21-24(28)27-25(30)29-23-20-18-17-19-22(23)26/h17-20H,2-16,21,26H2,1H3,(H,27,28,30). The Morgan fingerprint density at radius 3 is 1.80 bits per heavy atom. The van der Waals surface area contributed by atoms with Crippen LogP contribution in [0.5, 0.6) is 5.75 Å². The minimum absolute atomic E-state index is 0.0545. The summed E-state index contributed by atoms with van der Waals surface area (Å²) in [5.41, 5.74) is 6.30. The van der Waals surface area contributed by atoms with Crippen molar-refractivity contribution in [2.24, 2.45) is 0 Å². The van der Waals surface area contributed by atoms with E-state index in [9.17, 15) is 4.79 Å². The number of carbonyl (C=O) groups is 1. The monoisotopic (exact) mass is 434 g/mol. The molecule has 3 N–H and O–H groups in total. The number of carbonyl (C=O) groups excluding carboxylic acids is 1. The predicted molar refractivity (Wildman–Crippen MR) is 132 cm³/mol. The van der Waals surface area contributed by atoms with Crippen LogP contribution in [0.4, 0.5) is 5.69 Å². The topological polar surface area (TPSA) is 64.3 Å². The van der Waals surface area contributed by atoms with Crippen LogP contribution in [0.3, 0.4) is 0 Å². The number of thiocarbonyl (C=S) groups is 1. The fourth-order valence-electron chi connectivity index (χ4n) is 3.53. The van der Waals surface area contributed by atoms with Crippen LogP contribution in [0.15, 0.2) is 24.3 Å². The molecule has 5 heteroatoms. The second-order valence-corrected chi connectivity index (χ2v) is 8.55. The number of nitrogen functional groups attached to an aromatic ring is 1. The highest BCUT2D eigenvalue weighted by atomic mass is 32.1. The SMILES string of the molecule is CCCCCCCCCCCCCCCCCC(=O)NC(=S)Oc1ccccc1N. The zero-order chi connectivity index (χ0) is 21.9. The first kappa shape index (κ1) is 26.4. The Morgan fingerprint density at radius 1 is 0.833 bits per heavy atom. The Kier molecular flexibility index (Phi) is 16.0. The first-order valence-corrected chi connectivity index (χ1v) is 12.4. The highest BCUT2D eigenvalue weighted by Crippen LogP contribution is 2.19. The Morgan fingerprint density at radius 2 is 1.30 bits per heavy atom. The molecule has 170 valence electrons. The number of hydrogen-bond acceptors (Lipinski definition) is 4. The van der Waals surface area contributed by atoms with Gasteiger partial charge in [-0.2, -0.15) is 0 Å². The van der Waals surface area contributed by atoms with E-state index in [1.165, 1.54) is 83.5 Å². The van der Waals surface area contributed by atoms with Gasteiger partial charge in [-0.3, -0.25) is 10.1 Å². The number of anilines is 1. The molecule has 1 rings (SSSR count). The lowest BCUT2D eigenvalue weighted by molar-refractivity contribution is -0.119. The van der Waals surface area contributed by atoms with Gasteiger partial charge in [0.1, 0.15) is 0 Å². The normalized spacial score (nSPS) is 10.7. The molecule has 4 nitrogen and oxygen atoms in total.